The molecule has 2 rings (SSSR count). The number of methoxy groups -OCH3 is 1. The summed E-state index contributed by atoms with van der Waals surface area (Å²) in [6.45, 7) is 1.60. The van der Waals surface area contributed by atoms with Crippen LogP contribution in [0.2, 0.25) is 0 Å². The van der Waals surface area contributed by atoms with Crippen molar-refractivity contribution in [2.24, 2.45) is 0 Å². The van der Waals surface area contributed by atoms with Gasteiger partial charge in [0, 0.05) is 19.0 Å². The molecular formula is C17H20N2O5S. The van der Waals surface area contributed by atoms with Gasteiger partial charge in [-0.15, -0.1) is 0 Å². The topological polar surface area (TPSA) is 94.5 Å². The maximum atomic E-state index is 12.8. The second-order valence-electron chi connectivity index (χ2n) is 5.61. The smallest absolute Gasteiger partial charge is 0.268 e. The van der Waals surface area contributed by atoms with E-state index < -0.39 is 21.3 Å². The number of pyridine rings is 1. The van der Waals surface area contributed by atoms with Crippen molar-refractivity contribution < 1.29 is 17.9 Å². The molecule has 0 saturated heterocycles. The monoisotopic (exact) mass is 364 g/mol. The average Bonchev–Trinajstić information content (AvgIpc) is 2.54. The van der Waals surface area contributed by atoms with Crippen molar-refractivity contribution in [3.8, 4) is 11.4 Å². The van der Waals surface area contributed by atoms with E-state index in [-0.39, 0.29) is 17.9 Å². The highest BCUT2D eigenvalue weighted by Crippen LogP contribution is 2.21. The molecule has 0 fully saturated rings. The number of amides is 1. The van der Waals surface area contributed by atoms with Crippen molar-refractivity contribution in [1.29, 1.82) is 0 Å². The van der Waals surface area contributed by atoms with Gasteiger partial charge in [0.2, 0.25) is 0 Å². The first-order valence-electron chi connectivity index (χ1n) is 7.56. The highest BCUT2D eigenvalue weighted by Gasteiger charge is 2.18. The van der Waals surface area contributed by atoms with Crippen LogP contribution in [0.5, 0.6) is 5.75 Å². The number of aryl methyl sites for hydroxylation is 1. The molecule has 8 heteroatoms. The molecule has 1 aromatic heterocycles. The summed E-state index contributed by atoms with van der Waals surface area (Å²) in [6.07, 6.45) is 2.66. The van der Waals surface area contributed by atoms with Gasteiger partial charge in [0.1, 0.15) is 21.2 Å². The van der Waals surface area contributed by atoms with E-state index >= 15 is 0 Å². The van der Waals surface area contributed by atoms with Crippen LogP contribution in [0, 0.1) is 6.92 Å². The Morgan fingerprint density at radius 3 is 2.56 bits per heavy atom. The maximum Gasteiger partial charge on any atom is 0.268 e. The number of aromatic nitrogens is 1. The van der Waals surface area contributed by atoms with Gasteiger partial charge in [-0.1, -0.05) is 12.1 Å². The molecule has 0 aliphatic rings. The molecule has 1 N–H and O–H groups in total. The molecule has 0 aliphatic carbocycles. The fraction of sp³-hybridized carbons (Fsp3) is 0.294. The van der Waals surface area contributed by atoms with E-state index in [2.05, 4.69) is 5.32 Å². The van der Waals surface area contributed by atoms with Crippen LogP contribution in [0.4, 0.5) is 0 Å². The molecule has 7 nitrogen and oxygen atoms in total. The number of sulfone groups is 1. The number of nitrogens with zero attached hydrogens (tertiary/aromatic N) is 1. The fourth-order valence-electron chi connectivity index (χ4n) is 2.36. The first-order valence-corrected chi connectivity index (χ1v) is 9.62. The molecule has 1 heterocycles. The Hall–Kier alpha value is -2.61. The molecule has 0 radical (unpaired) electrons. The predicted octanol–water partition coefficient (Wildman–Crippen LogP) is 0.929. The molecular weight excluding hydrogens is 344 g/mol. The average molecular weight is 364 g/mol. The van der Waals surface area contributed by atoms with E-state index in [1.165, 1.54) is 11.7 Å². The Balaban J connectivity index is 2.40. The lowest BCUT2D eigenvalue weighted by atomic mass is 10.1. The number of carbonyl (C=O) groups excluding carboxylic acids is 1. The third-order valence-electron chi connectivity index (χ3n) is 3.63. The van der Waals surface area contributed by atoms with Crippen molar-refractivity contribution in [1.82, 2.24) is 9.88 Å². The van der Waals surface area contributed by atoms with Crippen LogP contribution in [0.3, 0.4) is 0 Å². The molecule has 25 heavy (non-hydrogen) atoms. The quantitative estimate of drug-likeness (QED) is 0.823. The van der Waals surface area contributed by atoms with E-state index in [0.29, 0.717) is 17.0 Å². The summed E-state index contributed by atoms with van der Waals surface area (Å²) in [5.41, 5.74) is 0.497. The van der Waals surface area contributed by atoms with Gasteiger partial charge >= 0.3 is 0 Å². The lowest BCUT2D eigenvalue weighted by Crippen LogP contribution is -2.35. The zero-order valence-corrected chi connectivity index (χ0v) is 15.1. The summed E-state index contributed by atoms with van der Waals surface area (Å²) < 4.78 is 28.9. The number of carbonyl (C=O) groups is 1. The summed E-state index contributed by atoms with van der Waals surface area (Å²) >= 11 is 0. The van der Waals surface area contributed by atoms with E-state index in [1.54, 1.807) is 43.5 Å². The van der Waals surface area contributed by atoms with Crippen LogP contribution in [-0.4, -0.2) is 44.6 Å². The molecule has 134 valence electrons. The number of hydrogen-bond acceptors (Lipinski definition) is 5. The molecule has 0 aliphatic heterocycles. The third-order valence-corrected chi connectivity index (χ3v) is 4.58. The minimum atomic E-state index is -3.20. The Bertz CT molecular complexity index is 948. The van der Waals surface area contributed by atoms with Gasteiger partial charge < -0.3 is 10.1 Å². The second-order valence-corrected chi connectivity index (χ2v) is 7.87. The molecule has 1 amide bonds. The summed E-state index contributed by atoms with van der Waals surface area (Å²) in [5, 5.41) is 2.48. The molecule has 0 bridgehead atoms. The molecule has 0 atom stereocenters. The number of rotatable bonds is 6. The Morgan fingerprint density at radius 2 is 1.92 bits per heavy atom. The van der Waals surface area contributed by atoms with Crippen LogP contribution in [0.1, 0.15) is 15.9 Å². The highest BCUT2D eigenvalue weighted by molar-refractivity contribution is 7.90. The molecule has 1 aromatic carbocycles. The number of ether oxygens (including phenoxy) is 1. The first kappa shape index (κ1) is 18.7. The minimum Gasteiger partial charge on any atom is -0.495 e. The number of para-hydroxylation sites is 2. The molecule has 0 spiro atoms. The standard InChI is InChI=1S/C17H20N2O5S/c1-12-8-10-19(13-6-4-5-7-14(13)24-2)17(21)15(12)16(20)18-9-11-25(3,22)23/h4-8,10H,9,11H2,1-3H3,(H,18,20). The van der Waals surface area contributed by atoms with E-state index in [4.69, 9.17) is 4.74 Å². The van der Waals surface area contributed by atoms with Gasteiger partial charge in [0.15, 0.2) is 0 Å². The normalized spacial score (nSPS) is 11.2. The van der Waals surface area contributed by atoms with Crippen LogP contribution in [0.15, 0.2) is 41.3 Å². The van der Waals surface area contributed by atoms with Crippen molar-refractivity contribution in [3.63, 3.8) is 0 Å². The highest BCUT2D eigenvalue weighted by atomic mass is 32.2. The number of nitrogens with one attached hydrogen (secondary N) is 1. The number of hydrogen-bond donors (Lipinski definition) is 1. The zero-order chi connectivity index (χ0) is 18.6. The summed E-state index contributed by atoms with van der Waals surface area (Å²) in [6, 6.07) is 8.62. The van der Waals surface area contributed by atoms with E-state index in [1.807, 2.05) is 0 Å². The van der Waals surface area contributed by atoms with Crippen molar-refractivity contribution in [2.45, 2.75) is 6.92 Å². The minimum absolute atomic E-state index is 0.0260. The van der Waals surface area contributed by atoms with Crippen LogP contribution in [0.25, 0.3) is 5.69 Å². The molecule has 2 aromatic rings. The van der Waals surface area contributed by atoms with Crippen LogP contribution >= 0.6 is 0 Å². The van der Waals surface area contributed by atoms with Crippen LogP contribution in [-0.2, 0) is 9.84 Å². The summed E-state index contributed by atoms with van der Waals surface area (Å²) in [7, 11) is -1.70. The van der Waals surface area contributed by atoms with Gasteiger partial charge in [-0.05, 0) is 30.7 Å². The first-order chi connectivity index (χ1) is 11.7. The van der Waals surface area contributed by atoms with Crippen molar-refractivity contribution in [2.75, 3.05) is 25.7 Å². The SMILES string of the molecule is COc1ccccc1-n1ccc(C)c(C(=O)NCCS(C)(=O)=O)c1=O. The van der Waals surface area contributed by atoms with Crippen LogP contribution < -0.4 is 15.6 Å². The third kappa shape index (κ3) is 4.48. The lowest BCUT2D eigenvalue weighted by molar-refractivity contribution is 0.0953. The molecule has 0 unspecified atom stereocenters. The van der Waals surface area contributed by atoms with E-state index in [9.17, 15) is 18.0 Å². The Labute approximate surface area is 146 Å². The van der Waals surface area contributed by atoms with Crippen molar-refractivity contribution in [3.05, 3.63) is 58.0 Å². The van der Waals surface area contributed by atoms with Gasteiger partial charge in [-0.3, -0.25) is 14.2 Å². The van der Waals surface area contributed by atoms with Gasteiger partial charge in [0.05, 0.1) is 18.6 Å². The Kier molecular flexibility index (Phi) is 5.63. The largest absolute Gasteiger partial charge is 0.495 e. The summed E-state index contributed by atoms with van der Waals surface area (Å²) in [5.74, 6) is -0.294. The lowest BCUT2D eigenvalue weighted by Gasteiger charge is -2.13. The zero-order valence-electron chi connectivity index (χ0n) is 14.3. The van der Waals surface area contributed by atoms with Gasteiger partial charge in [-0.25, -0.2) is 8.42 Å². The molecule has 0 saturated carbocycles. The van der Waals surface area contributed by atoms with Gasteiger partial charge in [-0.2, -0.15) is 0 Å². The fourth-order valence-corrected chi connectivity index (χ4v) is 2.83. The second kappa shape index (κ2) is 7.52. The summed E-state index contributed by atoms with van der Waals surface area (Å²) in [4.78, 5) is 25.1. The Morgan fingerprint density at radius 1 is 1.24 bits per heavy atom. The maximum absolute atomic E-state index is 12.8. The predicted molar refractivity (Wildman–Crippen MR) is 95.4 cm³/mol. The van der Waals surface area contributed by atoms with Gasteiger partial charge in [0.25, 0.3) is 11.5 Å². The number of benzene rings is 1. The van der Waals surface area contributed by atoms with Crippen molar-refractivity contribution >= 4 is 15.7 Å². The van der Waals surface area contributed by atoms with E-state index in [0.717, 1.165) is 6.26 Å².